The molecule has 5 heteroatoms. The number of nitrogens with one attached hydrogen (secondary N) is 2. The largest absolute Gasteiger partial charge is 0.481 e. The van der Waals surface area contributed by atoms with Crippen LogP contribution in [0.1, 0.15) is 33.6 Å². The molecule has 5 nitrogen and oxygen atoms in total. The van der Waals surface area contributed by atoms with Crippen LogP contribution in [0.3, 0.4) is 0 Å². The molecule has 0 bridgehead atoms. The highest BCUT2D eigenvalue weighted by Gasteiger charge is 2.17. The zero-order chi connectivity index (χ0) is 13.4. The molecular formula is C12H24N2O3. The number of carbonyl (C=O) groups is 2. The van der Waals surface area contributed by atoms with E-state index in [2.05, 4.69) is 10.6 Å². The second-order valence-corrected chi connectivity index (χ2v) is 4.85. The Bertz CT molecular complexity index is 254. The monoisotopic (exact) mass is 244 g/mol. The van der Waals surface area contributed by atoms with Crippen LogP contribution in [-0.2, 0) is 9.59 Å². The van der Waals surface area contributed by atoms with Crippen LogP contribution in [0.25, 0.3) is 0 Å². The summed E-state index contributed by atoms with van der Waals surface area (Å²) in [7, 11) is 1.72. The summed E-state index contributed by atoms with van der Waals surface area (Å²) in [5.41, 5.74) is 0. The van der Waals surface area contributed by atoms with Gasteiger partial charge in [-0.3, -0.25) is 9.59 Å². The first kappa shape index (κ1) is 15.9. The Labute approximate surface area is 103 Å². The van der Waals surface area contributed by atoms with Gasteiger partial charge in [0.05, 0.1) is 6.04 Å². The molecule has 0 spiro atoms. The minimum atomic E-state index is -0.813. The molecule has 0 heterocycles. The van der Waals surface area contributed by atoms with Gasteiger partial charge in [-0.15, -0.1) is 0 Å². The van der Waals surface area contributed by atoms with E-state index in [9.17, 15) is 9.59 Å². The number of likely N-dealkylation sites (N-methyl/N-ethyl adjacent to an activating group) is 1. The third kappa shape index (κ3) is 7.74. The van der Waals surface area contributed by atoms with E-state index < -0.39 is 5.97 Å². The second kappa shape index (κ2) is 8.06. The molecule has 0 aromatic rings. The van der Waals surface area contributed by atoms with Crippen molar-refractivity contribution >= 4 is 11.9 Å². The molecule has 2 unspecified atom stereocenters. The minimum absolute atomic E-state index is 0.000469. The molecule has 1 amide bonds. The SMILES string of the molecule is CNC(C)C(=O)NCC(CC(=O)O)CC(C)C. The predicted octanol–water partition coefficient (Wildman–Crippen LogP) is 0.847. The van der Waals surface area contributed by atoms with Gasteiger partial charge >= 0.3 is 5.97 Å². The Morgan fingerprint density at radius 2 is 1.82 bits per heavy atom. The Kier molecular flexibility index (Phi) is 7.54. The van der Waals surface area contributed by atoms with E-state index in [-0.39, 0.29) is 24.3 Å². The van der Waals surface area contributed by atoms with Crippen LogP contribution >= 0.6 is 0 Å². The Hall–Kier alpha value is -1.10. The summed E-state index contributed by atoms with van der Waals surface area (Å²) >= 11 is 0. The lowest BCUT2D eigenvalue weighted by atomic mass is 9.94. The summed E-state index contributed by atoms with van der Waals surface area (Å²) < 4.78 is 0. The van der Waals surface area contributed by atoms with Crippen LogP contribution in [0.15, 0.2) is 0 Å². The van der Waals surface area contributed by atoms with E-state index in [4.69, 9.17) is 5.11 Å². The van der Waals surface area contributed by atoms with Crippen molar-refractivity contribution in [2.45, 2.75) is 39.7 Å². The van der Waals surface area contributed by atoms with Crippen LogP contribution in [0, 0.1) is 11.8 Å². The van der Waals surface area contributed by atoms with Crippen LogP contribution in [0.2, 0.25) is 0 Å². The molecule has 0 aliphatic rings. The van der Waals surface area contributed by atoms with Crippen molar-refractivity contribution in [3.63, 3.8) is 0 Å². The van der Waals surface area contributed by atoms with Crippen molar-refractivity contribution in [2.75, 3.05) is 13.6 Å². The van der Waals surface area contributed by atoms with E-state index in [1.54, 1.807) is 14.0 Å². The fraction of sp³-hybridized carbons (Fsp3) is 0.833. The molecule has 100 valence electrons. The Balaban J connectivity index is 4.15. The topological polar surface area (TPSA) is 78.4 Å². The van der Waals surface area contributed by atoms with Crippen LogP contribution in [0.5, 0.6) is 0 Å². The number of hydrogen-bond donors (Lipinski definition) is 3. The van der Waals surface area contributed by atoms with Gasteiger partial charge in [0.25, 0.3) is 0 Å². The Morgan fingerprint density at radius 3 is 2.24 bits per heavy atom. The average molecular weight is 244 g/mol. The van der Waals surface area contributed by atoms with Crippen LogP contribution < -0.4 is 10.6 Å². The van der Waals surface area contributed by atoms with Crippen molar-refractivity contribution in [3.8, 4) is 0 Å². The summed E-state index contributed by atoms with van der Waals surface area (Å²) in [6.07, 6.45) is 0.910. The van der Waals surface area contributed by atoms with Gasteiger partial charge < -0.3 is 15.7 Å². The lowest BCUT2D eigenvalue weighted by molar-refractivity contribution is -0.138. The van der Waals surface area contributed by atoms with Crippen molar-refractivity contribution in [1.29, 1.82) is 0 Å². The molecule has 0 fully saturated rings. The van der Waals surface area contributed by atoms with E-state index in [0.29, 0.717) is 12.5 Å². The first-order valence-corrected chi connectivity index (χ1v) is 6.03. The van der Waals surface area contributed by atoms with E-state index >= 15 is 0 Å². The normalized spacial score (nSPS) is 14.4. The van der Waals surface area contributed by atoms with Crippen molar-refractivity contribution < 1.29 is 14.7 Å². The second-order valence-electron chi connectivity index (χ2n) is 4.85. The van der Waals surface area contributed by atoms with Gasteiger partial charge in [-0.2, -0.15) is 0 Å². The minimum Gasteiger partial charge on any atom is -0.481 e. The standard InChI is InChI=1S/C12H24N2O3/c1-8(2)5-10(6-11(15)16)7-14-12(17)9(3)13-4/h8-10,13H,5-7H2,1-4H3,(H,14,17)(H,15,16). The molecule has 0 aromatic heterocycles. The smallest absolute Gasteiger partial charge is 0.303 e. The van der Waals surface area contributed by atoms with Crippen LogP contribution in [0.4, 0.5) is 0 Å². The summed E-state index contributed by atoms with van der Waals surface area (Å²) in [5, 5.41) is 14.4. The van der Waals surface area contributed by atoms with E-state index in [0.717, 1.165) is 6.42 Å². The van der Waals surface area contributed by atoms with Crippen molar-refractivity contribution in [1.82, 2.24) is 10.6 Å². The third-order valence-corrected chi connectivity index (χ3v) is 2.66. The molecule has 0 saturated carbocycles. The highest BCUT2D eigenvalue weighted by atomic mass is 16.4. The van der Waals surface area contributed by atoms with Crippen molar-refractivity contribution in [3.05, 3.63) is 0 Å². The van der Waals surface area contributed by atoms with E-state index in [1.165, 1.54) is 0 Å². The van der Waals surface area contributed by atoms with Crippen molar-refractivity contribution in [2.24, 2.45) is 11.8 Å². The number of carboxylic acid groups (broad SMARTS) is 1. The summed E-state index contributed by atoms with van der Waals surface area (Å²) in [6, 6.07) is -0.250. The molecule has 2 atom stereocenters. The molecule has 0 radical (unpaired) electrons. The predicted molar refractivity (Wildman–Crippen MR) is 66.7 cm³/mol. The highest BCUT2D eigenvalue weighted by Crippen LogP contribution is 2.14. The van der Waals surface area contributed by atoms with Gasteiger partial charge in [-0.25, -0.2) is 0 Å². The fourth-order valence-electron chi connectivity index (χ4n) is 1.68. The van der Waals surface area contributed by atoms with Gasteiger partial charge in [0.15, 0.2) is 0 Å². The summed E-state index contributed by atoms with van der Waals surface area (Å²) in [6.45, 7) is 6.29. The molecule has 0 aliphatic heterocycles. The Morgan fingerprint density at radius 1 is 1.24 bits per heavy atom. The van der Waals surface area contributed by atoms with Crippen LogP contribution in [-0.4, -0.2) is 36.6 Å². The zero-order valence-corrected chi connectivity index (χ0v) is 11.1. The van der Waals surface area contributed by atoms with E-state index in [1.807, 2.05) is 13.8 Å². The van der Waals surface area contributed by atoms with Gasteiger partial charge in [-0.05, 0) is 32.2 Å². The maximum Gasteiger partial charge on any atom is 0.303 e. The first-order chi connectivity index (χ1) is 7.86. The first-order valence-electron chi connectivity index (χ1n) is 6.03. The average Bonchev–Trinajstić information content (AvgIpc) is 2.22. The molecule has 0 saturated heterocycles. The fourth-order valence-corrected chi connectivity index (χ4v) is 1.68. The molecule has 0 aliphatic carbocycles. The summed E-state index contributed by atoms with van der Waals surface area (Å²) in [5.74, 6) is -0.475. The molecular weight excluding hydrogens is 220 g/mol. The summed E-state index contributed by atoms with van der Waals surface area (Å²) in [4.78, 5) is 22.2. The van der Waals surface area contributed by atoms with Gasteiger partial charge in [-0.1, -0.05) is 13.8 Å². The number of carbonyl (C=O) groups excluding carboxylic acids is 1. The lowest BCUT2D eigenvalue weighted by Gasteiger charge is -2.19. The zero-order valence-electron chi connectivity index (χ0n) is 11.1. The van der Waals surface area contributed by atoms with Gasteiger partial charge in [0.2, 0.25) is 5.91 Å². The molecule has 0 aromatic carbocycles. The maximum atomic E-state index is 11.5. The number of amides is 1. The highest BCUT2D eigenvalue weighted by molar-refractivity contribution is 5.81. The molecule has 17 heavy (non-hydrogen) atoms. The molecule has 3 N–H and O–H groups in total. The van der Waals surface area contributed by atoms with Gasteiger partial charge in [0.1, 0.15) is 0 Å². The maximum absolute atomic E-state index is 11.5. The van der Waals surface area contributed by atoms with Gasteiger partial charge in [0, 0.05) is 13.0 Å². The number of rotatable bonds is 8. The number of hydrogen-bond acceptors (Lipinski definition) is 3. The molecule has 0 rings (SSSR count). The third-order valence-electron chi connectivity index (χ3n) is 2.66. The quantitative estimate of drug-likeness (QED) is 0.591. The number of aliphatic carboxylic acids is 1. The number of carboxylic acids is 1. The lowest BCUT2D eigenvalue weighted by Crippen LogP contribution is -2.42.